The van der Waals surface area contributed by atoms with E-state index in [1.807, 2.05) is 38.1 Å². The Morgan fingerprint density at radius 2 is 2.03 bits per heavy atom. The number of fused-ring (bicyclic) bond motifs is 2. The van der Waals surface area contributed by atoms with Crippen LogP contribution in [0.5, 0.6) is 11.5 Å². The third kappa shape index (κ3) is 4.48. The van der Waals surface area contributed by atoms with E-state index in [0.717, 1.165) is 37.1 Å². The zero-order valence-corrected chi connectivity index (χ0v) is 21.7. The highest BCUT2D eigenvalue weighted by molar-refractivity contribution is 6.13. The van der Waals surface area contributed by atoms with Crippen LogP contribution in [-0.4, -0.2) is 53.3 Å². The second kappa shape index (κ2) is 10.2. The van der Waals surface area contributed by atoms with Crippen LogP contribution in [0.3, 0.4) is 0 Å². The summed E-state index contributed by atoms with van der Waals surface area (Å²) in [5.74, 6) is 1.18. The molecule has 1 aliphatic rings. The highest BCUT2D eigenvalue weighted by Gasteiger charge is 2.26. The second-order valence-corrected chi connectivity index (χ2v) is 9.09. The van der Waals surface area contributed by atoms with Crippen molar-refractivity contribution < 1.29 is 9.53 Å². The third-order valence-electron chi connectivity index (χ3n) is 6.82. The number of nitrogens with one attached hydrogen (secondary N) is 2. The molecule has 1 aromatic carbocycles. The number of aromatic nitrogens is 7. The Labute approximate surface area is 224 Å². The maximum atomic E-state index is 13.5. The average Bonchev–Trinajstić information content (AvgIpc) is 3.54. The number of nitrogens with two attached hydrogens (primary N) is 1. The molecule has 13 heteroatoms. The monoisotopic (exact) mass is 534 g/mol. The van der Waals surface area contributed by atoms with Gasteiger partial charge in [0.25, 0.3) is 5.91 Å². The predicted molar refractivity (Wildman–Crippen MR) is 145 cm³/mol. The zero-order chi connectivity index (χ0) is 25.5. The fourth-order valence-electron chi connectivity index (χ4n) is 4.66. The molecule has 0 saturated carbocycles. The van der Waals surface area contributed by atoms with Crippen molar-refractivity contribution >= 4 is 46.5 Å². The van der Waals surface area contributed by atoms with Crippen LogP contribution < -0.4 is 21.1 Å². The summed E-state index contributed by atoms with van der Waals surface area (Å²) in [6.45, 7) is 5.60. The number of halogens is 1. The minimum Gasteiger partial charge on any atom is -0.457 e. The lowest BCUT2D eigenvalue weighted by molar-refractivity contribution is 0.102. The first-order valence-corrected chi connectivity index (χ1v) is 12.1. The first-order chi connectivity index (χ1) is 18.0. The van der Waals surface area contributed by atoms with Gasteiger partial charge in [-0.2, -0.15) is 10.2 Å². The Balaban J connectivity index is 0.00000294. The van der Waals surface area contributed by atoms with Gasteiger partial charge in [-0.1, -0.05) is 0 Å². The number of nitrogens with zero attached hydrogens (tertiary/aromatic N) is 7. The quantitative estimate of drug-likeness (QED) is 0.308. The fraction of sp³-hybridized carbons (Fsp3) is 0.280. The number of anilines is 2. The minimum atomic E-state index is -0.373. The Hall–Kier alpha value is -4.29. The van der Waals surface area contributed by atoms with E-state index in [-0.39, 0.29) is 35.9 Å². The third-order valence-corrected chi connectivity index (χ3v) is 6.82. The van der Waals surface area contributed by atoms with Crippen LogP contribution >= 0.6 is 12.4 Å². The van der Waals surface area contributed by atoms with Crippen LogP contribution in [0.1, 0.15) is 40.5 Å². The van der Waals surface area contributed by atoms with Gasteiger partial charge in [-0.05, 0) is 62.6 Å². The van der Waals surface area contributed by atoms with E-state index in [1.165, 1.54) is 12.7 Å². The van der Waals surface area contributed by atoms with Gasteiger partial charge in [0.15, 0.2) is 17.0 Å². The second-order valence-electron chi connectivity index (χ2n) is 9.09. The lowest BCUT2D eigenvalue weighted by Crippen LogP contribution is -2.32. The number of piperidine rings is 1. The molecule has 4 N–H and O–H groups in total. The molecule has 0 spiro atoms. The highest BCUT2D eigenvalue weighted by Crippen LogP contribution is 2.32. The topological polar surface area (TPSA) is 150 Å². The van der Waals surface area contributed by atoms with Crippen LogP contribution in [0.4, 0.5) is 11.5 Å². The van der Waals surface area contributed by atoms with Crippen LogP contribution in [0.2, 0.25) is 0 Å². The van der Waals surface area contributed by atoms with Gasteiger partial charge in [0.05, 0.1) is 11.4 Å². The molecule has 1 fully saturated rings. The van der Waals surface area contributed by atoms with Gasteiger partial charge in [-0.25, -0.2) is 24.1 Å². The minimum absolute atomic E-state index is 0. The van der Waals surface area contributed by atoms with Gasteiger partial charge in [0, 0.05) is 24.5 Å². The largest absolute Gasteiger partial charge is 0.457 e. The number of carbonyl (C=O) groups excluding carboxylic acids is 1. The number of amides is 1. The molecule has 5 heterocycles. The summed E-state index contributed by atoms with van der Waals surface area (Å²) in [4.78, 5) is 26.2. The van der Waals surface area contributed by atoms with Crippen molar-refractivity contribution in [2.75, 3.05) is 24.1 Å². The van der Waals surface area contributed by atoms with Gasteiger partial charge in [0.2, 0.25) is 0 Å². The van der Waals surface area contributed by atoms with Gasteiger partial charge < -0.3 is 21.1 Å². The summed E-state index contributed by atoms with van der Waals surface area (Å²) in [6, 6.07) is 7.36. The molecule has 38 heavy (non-hydrogen) atoms. The van der Waals surface area contributed by atoms with Crippen molar-refractivity contribution in [1.82, 2.24) is 39.7 Å². The van der Waals surface area contributed by atoms with Crippen LogP contribution in [0.25, 0.3) is 16.7 Å². The van der Waals surface area contributed by atoms with Crippen molar-refractivity contribution in [2.45, 2.75) is 32.7 Å². The number of hydrogen-bond donors (Lipinski definition) is 3. The maximum Gasteiger partial charge on any atom is 0.277 e. The van der Waals surface area contributed by atoms with Gasteiger partial charge in [-0.15, -0.1) is 12.4 Å². The number of benzene rings is 1. The summed E-state index contributed by atoms with van der Waals surface area (Å²) in [7, 11) is 0. The van der Waals surface area contributed by atoms with E-state index in [0.29, 0.717) is 33.9 Å². The van der Waals surface area contributed by atoms with E-state index in [1.54, 1.807) is 15.4 Å². The molecule has 12 nitrogen and oxygen atoms in total. The lowest BCUT2D eigenvalue weighted by Gasteiger charge is -2.23. The summed E-state index contributed by atoms with van der Waals surface area (Å²) in [5.41, 5.74) is 10.1. The van der Waals surface area contributed by atoms with Gasteiger partial charge in [0.1, 0.15) is 30.0 Å². The van der Waals surface area contributed by atoms with Crippen molar-refractivity contribution in [3.05, 3.63) is 59.9 Å². The smallest absolute Gasteiger partial charge is 0.277 e. The number of ether oxygens (including phenoxy) is 1. The van der Waals surface area contributed by atoms with Crippen molar-refractivity contribution in [3.8, 4) is 11.5 Å². The molecule has 1 atom stereocenters. The normalized spacial score (nSPS) is 15.4. The van der Waals surface area contributed by atoms with Crippen LogP contribution in [0.15, 0.2) is 43.1 Å². The molecule has 5 aromatic rings. The van der Waals surface area contributed by atoms with E-state index < -0.39 is 0 Å². The first kappa shape index (κ1) is 25.4. The Morgan fingerprint density at radius 3 is 2.84 bits per heavy atom. The molecule has 4 aromatic heterocycles. The van der Waals surface area contributed by atoms with E-state index in [2.05, 4.69) is 35.8 Å². The average molecular weight is 535 g/mol. The lowest BCUT2D eigenvalue weighted by atomic mass is 10.1. The molecular formula is C25H27ClN10O2. The number of nitrogen functional groups attached to an aromatic ring is 1. The Kier molecular flexibility index (Phi) is 6.83. The molecule has 0 bridgehead atoms. The maximum absolute atomic E-state index is 13.5. The summed E-state index contributed by atoms with van der Waals surface area (Å²) >= 11 is 0. The van der Waals surface area contributed by atoms with Gasteiger partial charge in [-0.3, -0.25) is 4.79 Å². The van der Waals surface area contributed by atoms with Crippen LogP contribution in [-0.2, 0) is 0 Å². The fourth-order valence-corrected chi connectivity index (χ4v) is 4.66. The number of carbonyl (C=O) groups is 1. The predicted octanol–water partition coefficient (Wildman–Crippen LogP) is 3.46. The number of hydrogen-bond acceptors (Lipinski definition) is 9. The molecule has 0 aliphatic carbocycles. The molecular weight excluding hydrogens is 508 g/mol. The summed E-state index contributed by atoms with van der Waals surface area (Å²) in [6.07, 6.45) is 6.65. The van der Waals surface area contributed by atoms with Crippen molar-refractivity contribution in [3.63, 3.8) is 0 Å². The van der Waals surface area contributed by atoms with E-state index >= 15 is 0 Å². The van der Waals surface area contributed by atoms with Crippen molar-refractivity contribution in [1.29, 1.82) is 0 Å². The van der Waals surface area contributed by atoms with E-state index in [4.69, 9.17) is 10.5 Å². The Bertz CT molecular complexity index is 1640. The molecule has 1 unspecified atom stereocenters. The molecule has 1 amide bonds. The highest BCUT2D eigenvalue weighted by atomic mass is 35.5. The standard InChI is InChI=1S/C25H26N10O2.ClH/c1-14-15(2)19(37-17-7-9-34-20(10-17)28-13-31-34)6-5-18(14)32-25(36)22-21-23(26)29-12-30-24(21)35(33-22)16-4-3-8-27-11-16;/h5-7,9-10,12-13,16,27H,3-4,8,11H2,1-2H3,(H,32,36)(H2,26,29,30);1H. The molecule has 0 radical (unpaired) electrons. The van der Waals surface area contributed by atoms with Crippen LogP contribution in [0, 0.1) is 13.8 Å². The SMILES string of the molecule is Cc1c(NC(=O)c2nn(C3CCCNC3)c3ncnc(N)c23)ccc(Oc2ccn3ncnc3c2)c1C.Cl. The van der Waals surface area contributed by atoms with E-state index in [9.17, 15) is 4.79 Å². The number of pyridine rings is 1. The number of rotatable bonds is 5. The molecule has 1 saturated heterocycles. The molecule has 1 aliphatic heterocycles. The summed E-state index contributed by atoms with van der Waals surface area (Å²) in [5, 5.41) is 15.6. The van der Waals surface area contributed by atoms with Gasteiger partial charge >= 0.3 is 0 Å². The summed E-state index contributed by atoms with van der Waals surface area (Å²) < 4.78 is 9.57. The van der Waals surface area contributed by atoms with Crippen molar-refractivity contribution in [2.24, 2.45) is 0 Å². The molecule has 196 valence electrons. The Morgan fingerprint density at radius 1 is 1.16 bits per heavy atom. The zero-order valence-electron chi connectivity index (χ0n) is 20.9. The first-order valence-electron chi connectivity index (χ1n) is 12.1. The molecule has 6 rings (SSSR count).